The second kappa shape index (κ2) is 28.1. The lowest BCUT2D eigenvalue weighted by Gasteiger charge is -2.29. The Morgan fingerprint density at radius 1 is 0.391 bits per heavy atom. The minimum atomic E-state index is -1.39. The standard InChI is InChI=1S/C13H22O5.2C12H20O6.C11H20O4.C10H18O5.C6H15ClSi/c1-7-9(8-6-14-12(2,3)16-8)15-11-10(7)17-13(4,5)18-11;2*1-11(2)14-5-6(16-11)8-7(13)9-10(15-8)18-12(3,4)17-9;1-5-7(12)8-6(2)9-10(13-8)15-11(3,4)14-9;1-5-7(6(12)4-11)13-9-8(5)14-10(2,3)15-9;1-6(2,3)8(4,5)7/h7-11H,6H2,1-5H3;2*6-10,13H,5H2,1-4H3;6-10,12H,5H2,1-4H3;5-9,11-12H,4H2,1-3H3;1-5H3/t7-,8-,9+,10-,11-;6-,7+,8-,9-,10-;6-,7-,8-,9-,10-;6-,7-,8+,9-,10-;5-,6-,7+,8-,9-;/m11111./s1. The molecule has 0 spiro atoms. The van der Waals surface area contributed by atoms with Gasteiger partial charge in [-0.05, 0) is 122 Å². The Kier molecular flexibility index (Phi) is 23.6. The molecule has 0 amide bonds. The Hall–Kier alpha value is -0.533. The molecule has 0 bridgehead atoms. The van der Waals surface area contributed by atoms with Gasteiger partial charge in [0.1, 0.15) is 79.4 Å². The zero-order valence-corrected chi connectivity index (χ0v) is 60.9. The SMILES string of the molecule is CC(C)(C)[Si](C)(C)Cl.CC1(C)O[C@H]2O[C@H]([C@H]3COC(C)(C)O3)[C@@H](O)[C@H]2O1.CC1(C)O[C@H]2O[C@H]([C@H]3COC(C)(C)O3)[C@H](O)[C@H]2O1.CC[C@@H](O)[C@H]1O[C@@H]2OC(C)(C)O[C@@H]2[C@@H]1C.C[C@H]1[C@H]2OC(C)(C)O[C@H]2O[C@@H]1[C@H](O)CO.C[C@H]1[C@H]2OC(C)(C)O[C@H]2O[C@@H]1[C@H]1COC(C)(C)O1. The smallest absolute Gasteiger partial charge is 0.190 e. The fourth-order valence-corrected chi connectivity index (χ4v) is 13.0. The minimum absolute atomic E-state index is 0.0129. The molecule has 0 aromatic rings. The van der Waals surface area contributed by atoms with E-state index in [9.17, 15) is 20.4 Å². The van der Waals surface area contributed by atoms with E-state index >= 15 is 0 Å². The van der Waals surface area contributed by atoms with Crippen LogP contribution in [0.5, 0.6) is 0 Å². The average molecular weight is 1360 g/mol. The van der Waals surface area contributed by atoms with Crippen molar-refractivity contribution in [2.75, 3.05) is 26.4 Å². The van der Waals surface area contributed by atoms with Crippen LogP contribution in [0.25, 0.3) is 0 Å². The topological polar surface area (TPSA) is 295 Å². The van der Waals surface area contributed by atoms with Crippen LogP contribution in [0.2, 0.25) is 18.1 Å². The maximum Gasteiger partial charge on any atom is 0.190 e. The lowest BCUT2D eigenvalue weighted by Crippen LogP contribution is -2.42. The van der Waals surface area contributed by atoms with E-state index in [2.05, 4.69) is 40.8 Å². The average Bonchev–Trinajstić information content (AvgIpc) is 1.64. The molecule has 28 heteroatoms. The minimum Gasteiger partial charge on any atom is -0.394 e. The van der Waals surface area contributed by atoms with Crippen molar-refractivity contribution in [3.05, 3.63) is 0 Å². The van der Waals surface area contributed by atoms with Gasteiger partial charge < -0.3 is 125 Å². The number of fused-ring (bicyclic) bond motifs is 5. The normalized spacial score (nSPS) is 45.1. The van der Waals surface area contributed by atoms with E-state index in [1.807, 2.05) is 104 Å². The van der Waals surface area contributed by atoms with Crippen LogP contribution in [-0.4, -0.2) is 241 Å². The summed E-state index contributed by atoms with van der Waals surface area (Å²) in [6, 6.07) is 0. The second-order valence-electron chi connectivity index (χ2n) is 31.5. The van der Waals surface area contributed by atoms with Gasteiger partial charge in [0.25, 0.3) is 0 Å². The van der Waals surface area contributed by atoms with Crippen LogP contribution in [0.1, 0.15) is 166 Å². The molecule has 25 atom stereocenters. The fraction of sp³-hybridized carbons (Fsp3) is 1.00. The van der Waals surface area contributed by atoms with Crippen molar-refractivity contribution in [3.8, 4) is 0 Å². The largest absolute Gasteiger partial charge is 0.394 e. The summed E-state index contributed by atoms with van der Waals surface area (Å²) in [5, 5.41) is 49.0. The summed E-state index contributed by atoms with van der Waals surface area (Å²) >= 11 is 6.15. The lowest BCUT2D eigenvalue weighted by atomic mass is 9.96. The van der Waals surface area contributed by atoms with Crippen LogP contribution in [-0.2, 0) is 99.5 Å². The van der Waals surface area contributed by atoms with Gasteiger partial charge in [0.2, 0.25) is 0 Å². The molecule has 0 aromatic carbocycles. The molecule has 0 aromatic heterocycles. The molecule has 13 aliphatic heterocycles. The van der Waals surface area contributed by atoms with Crippen LogP contribution in [0, 0.1) is 17.8 Å². The monoisotopic (exact) mass is 1360 g/mol. The van der Waals surface area contributed by atoms with Crippen molar-refractivity contribution < 1.29 is 125 Å². The van der Waals surface area contributed by atoms with Crippen molar-refractivity contribution in [1.29, 1.82) is 0 Å². The molecular formula is C64H115ClO26Si. The zero-order chi connectivity index (χ0) is 68.8. The summed E-state index contributed by atoms with van der Waals surface area (Å²) in [4.78, 5) is 0. The van der Waals surface area contributed by atoms with Crippen LogP contribution in [0.15, 0.2) is 0 Å². The molecule has 0 radical (unpaired) electrons. The lowest BCUT2D eigenvalue weighted by molar-refractivity contribution is -0.232. The molecule has 538 valence electrons. The Balaban J connectivity index is 0.000000144. The van der Waals surface area contributed by atoms with E-state index in [4.69, 9.17) is 116 Å². The molecule has 13 rings (SSSR count). The molecular weight excluding hydrogens is 1250 g/mol. The fourth-order valence-electron chi connectivity index (χ4n) is 13.0. The number of hydrogen-bond donors (Lipinski definition) is 5. The van der Waals surface area contributed by atoms with Crippen molar-refractivity contribution in [1.82, 2.24) is 0 Å². The van der Waals surface area contributed by atoms with Gasteiger partial charge in [-0.2, -0.15) is 11.1 Å². The second-order valence-corrected chi connectivity index (χ2v) is 38.7. The third-order valence-electron chi connectivity index (χ3n) is 18.7. The Labute approximate surface area is 550 Å². The van der Waals surface area contributed by atoms with Crippen LogP contribution < -0.4 is 0 Å². The summed E-state index contributed by atoms with van der Waals surface area (Å²) in [6.07, 6.45) is -7.59. The molecule has 0 unspecified atom stereocenters. The van der Waals surface area contributed by atoms with E-state index in [-0.39, 0.29) is 85.8 Å². The highest BCUT2D eigenvalue weighted by atomic mass is 35.6. The van der Waals surface area contributed by atoms with Gasteiger partial charge in [-0.25, -0.2) is 0 Å². The van der Waals surface area contributed by atoms with Crippen molar-refractivity contribution in [2.24, 2.45) is 17.8 Å². The van der Waals surface area contributed by atoms with Gasteiger partial charge in [-0.3, -0.25) is 0 Å². The first-order valence-electron chi connectivity index (χ1n) is 33.0. The molecule has 13 heterocycles. The number of ether oxygens (including phenoxy) is 21. The highest BCUT2D eigenvalue weighted by Crippen LogP contribution is 2.47. The summed E-state index contributed by atoms with van der Waals surface area (Å²) in [6.45, 7) is 49.7. The van der Waals surface area contributed by atoms with E-state index in [1.54, 1.807) is 27.7 Å². The third kappa shape index (κ3) is 18.3. The number of aliphatic hydroxyl groups excluding tert-OH is 5. The van der Waals surface area contributed by atoms with Crippen molar-refractivity contribution >= 4 is 18.5 Å². The first-order valence-corrected chi connectivity index (χ1v) is 37.0. The van der Waals surface area contributed by atoms with Gasteiger partial charge in [0, 0.05) is 17.8 Å². The Morgan fingerprint density at radius 3 is 0.902 bits per heavy atom. The molecule has 92 heavy (non-hydrogen) atoms. The third-order valence-corrected chi connectivity index (χ3v) is 24.0. The van der Waals surface area contributed by atoms with E-state index < -0.39 is 127 Å². The molecule has 0 aliphatic carbocycles. The highest BCUT2D eigenvalue weighted by Gasteiger charge is 2.62. The number of hydrogen-bond acceptors (Lipinski definition) is 26. The summed E-state index contributed by atoms with van der Waals surface area (Å²) < 4.78 is 119. The van der Waals surface area contributed by atoms with Crippen LogP contribution in [0.3, 0.4) is 0 Å². The van der Waals surface area contributed by atoms with Crippen molar-refractivity contribution in [2.45, 2.75) is 365 Å². The maximum atomic E-state index is 10.3. The van der Waals surface area contributed by atoms with E-state index in [0.717, 1.165) is 0 Å². The number of rotatable bonds is 7. The van der Waals surface area contributed by atoms with E-state index in [0.29, 0.717) is 31.3 Å². The predicted molar refractivity (Wildman–Crippen MR) is 330 cm³/mol. The molecule has 13 saturated heterocycles. The maximum absolute atomic E-state index is 10.3. The van der Waals surface area contributed by atoms with Crippen LogP contribution in [0.4, 0.5) is 0 Å². The zero-order valence-electron chi connectivity index (χ0n) is 59.2. The molecule has 13 fully saturated rings. The van der Waals surface area contributed by atoms with Gasteiger partial charge in [-0.1, -0.05) is 61.6 Å². The number of halogens is 1. The van der Waals surface area contributed by atoms with Crippen LogP contribution >= 0.6 is 11.1 Å². The summed E-state index contributed by atoms with van der Waals surface area (Å²) in [5.41, 5.74) is 0. The predicted octanol–water partition coefficient (Wildman–Crippen LogP) is 6.75. The highest BCUT2D eigenvalue weighted by molar-refractivity contribution is 7.20. The molecule has 13 aliphatic rings. The quantitative estimate of drug-likeness (QED) is 0.130. The molecule has 26 nitrogen and oxygen atoms in total. The first-order chi connectivity index (χ1) is 42.0. The molecule has 5 N–H and O–H groups in total. The Morgan fingerprint density at radius 2 is 0.652 bits per heavy atom. The number of aliphatic hydroxyl groups is 5. The van der Waals surface area contributed by atoms with Crippen molar-refractivity contribution in [3.63, 3.8) is 0 Å². The van der Waals surface area contributed by atoms with Gasteiger partial charge in [0.05, 0.1) is 50.8 Å². The first kappa shape index (κ1) is 77.2. The molecule has 0 saturated carbocycles. The van der Waals surface area contributed by atoms with Gasteiger partial charge >= 0.3 is 0 Å². The Bertz CT molecular complexity index is 2180. The van der Waals surface area contributed by atoms with E-state index in [1.165, 1.54) is 0 Å². The summed E-state index contributed by atoms with van der Waals surface area (Å²) in [5.74, 6) is -4.54. The summed E-state index contributed by atoms with van der Waals surface area (Å²) in [7, 11) is -1.39. The van der Waals surface area contributed by atoms with Gasteiger partial charge in [0.15, 0.2) is 85.1 Å². The van der Waals surface area contributed by atoms with Gasteiger partial charge in [-0.15, -0.1) is 0 Å².